The normalized spacial score (nSPS) is 14.7. The predicted molar refractivity (Wildman–Crippen MR) is 98.8 cm³/mol. The van der Waals surface area contributed by atoms with E-state index in [0.717, 1.165) is 37.2 Å². The molecule has 0 unspecified atom stereocenters. The summed E-state index contributed by atoms with van der Waals surface area (Å²) in [6.07, 6.45) is 2.23. The zero-order valence-corrected chi connectivity index (χ0v) is 14.6. The number of primary amides is 1. The van der Waals surface area contributed by atoms with Crippen LogP contribution in [0.3, 0.4) is 0 Å². The van der Waals surface area contributed by atoms with Crippen molar-refractivity contribution in [3.8, 4) is 11.5 Å². The number of rotatable bonds is 6. The van der Waals surface area contributed by atoms with Crippen LogP contribution in [0.2, 0.25) is 0 Å². The zero-order chi connectivity index (χ0) is 18.4. The number of nitrogens with two attached hydrogens (primary N) is 1. The van der Waals surface area contributed by atoms with Gasteiger partial charge in [0.25, 0.3) is 0 Å². The summed E-state index contributed by atoms with van der Waals surface area (Å²) in [4.78, 5) is 25.7. The molecular weight excluding hydrogens is 330 g/mol. The van der Waals surface area contributed by atoms with E-state index >= 15 is 0 Å². The topological polar surface area (TPSA) is 84.7 Å². The van der Waals surface area contributed by atoms with Crippen molar-refractivity contribution in [2.45, 2.75) is 25.3 Å². The Hall–Kier alpha value is -3.02. The lowest BCUT2D eigenvalue weighted by molar-refractivity contribution is -0.130. The van der Waals surface area contributed by atoms with Crippen LogP contribution in [0, 0.1) is 0 Å². The maximum Gasteiger partial charge on any atom is 0.312 e. The third-order valence-electron chi connectivity index (χ3n) is 4.39. The zero-order valence-electron chi connectivity index (χ0n) is 14.6. The average molecular weight is 353 g/mol. The van der Waals surface area contributed by atoms with Crippen molar-refractivity contribution < 1.29 is 14.3 Å². The molecule has 6 nitrogen and oxygen atoms in total. The monoisotopic (exact) mass is 353 g/mol. The highest BCUT2D eigenvalue weighted by molar-refractivity contribution is 5.79. The van der Waals surface area contributed by atoms with E-state index < -0.39 is 12.1 Å². The molecule has 0 bridgehead atoms. The van der Waals surface area contributed by atoms with Crippen molar-refractivity contribution in [1.29, 1.82) is 0 Å². The third-order valence-corrected chi connectivity index (χ3v) is 4.39. The van der Waals surface area contributed by atoms with Crippen LogP contribution < -0.4 is 15.8 Å². The lowest BCUT2D eigenvalue weighted by Gasteiger charge is -2.22. The van der Waals surface area contributed by atoms with Crippen LogP contribution in [0.15, 0.2) is 54.6 Å². The van der Waals surface area contributed by atoms with Gasteiger partial charge in [-0.25, -0.2) is 4.79 Å². The predicted octanol–water partition coefficient (Wildman–Crippen LogP) is 3.20. The molecule has 0 aliphatic carbocycles. The second kappa shape index (κ2) is 8.38. The van der Waals surface area contributed by atoms with Gasteiger partial charge in [-0.05, 0) is 42.7 Å². The van der Waals surface area contributed by atoms with E-state index in [0.29, 0.717) is 5.75 Å². The molecule has 1 heterocycles. The number of urea groups is 1. The van der Waals surface area contributed by atoms with Crippen LogP contribution in [0.1, 0.15) is 30.9 Å². The second-order valence-corrected chi connectivity index (χ2v) is 6.34. The Kier molecular flexibility index (Phi) is 5.73. The number of hydrogen-bond acceptors (Lipinski definition) is 3. The highest BCUT2D eigenvalue weighted by Crippen LogP contribution is 2.26. The van der Waals surface area contributed by atoms with E-state index in [4.69, 9.17) is 10.5 Å². The number of carbonyl (C=O) groups is 2. The van der Waals surface area contributed by atoms with Gasteiger partial charge in [-0.15, -0.1) is 0 Å². The van der Waals surface area contributed by atoms with Crippen LogP contribution in [0.25, 0.3) is 0 Å². The fourth-order valence-corrected chi connectivity index (χ4v) is 3.11. The number of ether oxygens (including phenoxy) is 1. The van der Waals surface area contributed by atoms with Crippen molar-refractivity contribution >= 4 is 11.9 Å². The molecule has 2 aromatic carbocycles. The van der Waals surface area contributed by atoms with E-state index in [2.05, 4.69) is 5.32 Å². The van der Waals surface area contributed by atoms with Gasteiger partial charge in [-0.3, -0.25) is 4.79 Å². The maximum absolute atomic E-state index is 12.5. The number of nitrogens with one attached hydrogen (secondary N) is 1. The minimum Gasteiger partial charge on any atom is -0.457 e. The van der Waals surface area contributed by atoms with Gasteiger partial charge in [-0.2, -0.15) is 0 Å². The number of likely N-dealkylation sites (tertiary alicyclic amines) is 1. The highest BCUT2D eigenvalue weighted by Gasteiger charge is 2.23. The number of amides is 3. The SMILES string of the molecule is NC(=O)N[C@@H](CC(=O)N1CCCC1)c1cccc(Oc2ccccc2)c1. The van der Waals surface area contributed by atoms with Gasteiger partial charge in [-0.1, -0.05) is 30.3 Å². The maximum atomic E-state index is 12.5. The van der Waals surface area contributed by atoms with Gasteiger partial charge in [0.1, 0.15) is 11.5 Å². The summed E-state index contributed by atoms with van der Waals surface area (Å²) in [5.41, 5.74) is 6.10. The number of carbonyl (C=O) groups excluding carboxylic acids is 2. The van der Waals surface area contributed by atoms with Crippen molar-refractivity contribution in [2.75, 3.05) is 13.1 Å². The van der Waals surface area contributed by atoms with Crippen molar-refractivity contribution in [2.24, 2.45) is 5.73 Å². The van der Waals surface area contributed by atoms with Crippen LogP contribution in [0.4, 0.5) is 4.79 Å². The minimum absolute atomic E-state index is 0.0237. The van der Waals surface area contributed by atoms with Crippen molar-refractivity contribution in [3.63, 3.8) is 0 Å². The molecule has 3 amide bonds. The molecule has 6 heteroatoms. The standard InChI is InChI=1S/C20H23N3O3/c21-20(25)22-18(14-19(24)23-11-4-5-12-23)15-7-6-10-17(13-15)26-16-8-2-1-3-9-16/h1-3,6-10,13,18H,4-5,11-12,14H2,(H3,21,22,25)/t18-/m0/s1. The molecule has 0 saturated carbocycles. The van der Waals surface area contributed by atoms with Gasteiger partial charge in [0, 0.05) is 13.1 Å². The molecule has 1 atom stereocenters. The Morgan fingerprint density at radius 3 is 2.42 bits per heavy atom. The molecule has 3 N–H and O–H groups in total. The molecule has 0 spiro atoms. The smallest absolute Gasteiger partial charge is 0.312 e. The summed E-state index contributed by atoms with van der Waals surface area (Å²) in [5.74, 6) is 1.38. The lowest BCUT2D eigenvalue weighted by atomic mass is 10.0. The number of nitrogens with zero attached hydrogens (tertiary/aromatic N) is 1. The van der Waals surface area contributed by atoms with Gasteiger partial charge in [0.15, 0.2) is 0 Å². The van der Waals surface area contributed by atoms with Crippen LogP contribution in [-0.2, 0) is 4.79 Å². The number of hydrogen-bond donors (Lipinski definition) is 2. The largest absolute Gasteiger partial charge is 0.457 e. The van der Waals surface area contributed by atoms with E-state index in [1.54, 1.807) is 0 Å². The summed E-state index contributed by atoms with van der Waals surface area (Å²) in [6, 6.07) is 15.6. The fraction of sp³-hybridized carbons (Fsp3) is 0.300. The Balaban J connectivity index is 1.76. The van der Waals surface area contributed by atoms with Crippen molar-refractivity contribution in [3.05, 3.63) is 60.2 Å². The van der Waals surface area contributed by atoms with Crippen LogP contribution in [-0.4, -0.2) is 29.9 Å². The lowest BCUT2D eigenvalue weighted by Crippen LogP contribution is -2.37. The molecule has 1 aliphatic heterocycles. The fourth-order valence-electron chi connectivity index (χ4n) is 3.11. The molecule has 3 rings (SSSR count). The Bertz CT molecular complexity index is 758. The van der Waals surface area contributed by atoms with Gasteiger partial charge in [0.05, 0.1) is 12.5 Å². The highest BCUT2D eigenvalue weighted by atomic mass is 16.5. The Morgan fingerprint density at radius 1 is 1.04 bits per heavy atom. The molecule has 136 valence electrons. The van der Waals surface area contributed by atoms with Gasteiger partial charge in [0.2, 0.25) is 5.91 Å². The summed E-state index contributed by atoms with van der Waals surface area (Å²) < 4.78 is 5.84. The molecule has 0 radical (unpaired) electrons. The quantitative estimate of drug-likeness (QED) is 0.836. The van der Waals surface area contributed by atoms with E-state index in [1.807, 2.05) is 59.5 Å². The number of para-hydroxylation sites is 1. The first-order valence-corrected chi connectivity index (χ1v) is 8.78. The average Bonchev–Trinajstić information content (AvgIpc) is 3.17. The molecule has 1 fully saturated rings. The van der Waals surface area contributed by atoms with Crippen molar-refractivity contribution in [1.82, 2.24) is 10.2 Å². The molecule has 0 aromatic heterocycles. The summed E-state index contributed by atoms with van der Waals surface area (Å²) in [7, 11) is 0. The number of benzene rings is 2. The van der Waals surface area contributed by atoms with E-state index in [9.17, 15) is 9.59 Å². The molecule has 1 aliphatic rings. The van der Waals surface area contributed by atoms with Gasteiger partial charge >= 0.3 is 6.03 Å². The summed E-state index contributed by atoms with van der Waals surface area (Å²) in [5, 5.41) is 2.68. The molecule has 26 heavy (non-hydrogen) atoms. The Labute approximate surface area is 152 Å². The van der Waals surface area contributed by atoms with E-state index in [-0.39, 0.29) is 12.3 Å². The summed E-state index contributed by atoms with van der Waals surface area (Å²) >= 11 is 0. The molecule has 1 saturated heterocycles. The first kappa shape index (κ1) is 17.8. The Morgan fingerprint density at radius 2 is 1.73 bits per heavy atom. The van der Waals surface area contributed by atoms with E-state index in [1.165, 1.54) is 0 Å². The van der Waals surface area contributed by atoms with Crippen LogP contribution in [0.5, 0.6) is 11.5 Å². The first-order valence-electron chi connectivity index (χ1n) is 8.78. The van der Waals surface area contributed by atoms with Gasteiger partial charge < -0.3 is 20.7 Å². The second-order valence-electron chi connectivity index (χ2n) is 6.34. The minimum atomic E-state index is -0.654. The third kappa shape index (κ3) is 4.75. The van der Waals surface area contributed by atoms with Crippen LogP contribution >= 0.6 is 0 Å². The summed E-state index contributed by atoms with van der Waals surface area (Å²) in [6.45, 7) is 1.55. The molecular formula is C20H23N3O3. The molecule has 2 aromatic rings. The first-order chi connectivity index (χ1) is 12.6.